The first-order chi connectivity index (χ1) is 4.52. The van der Waals surface area contributed by atoms with Crippen LogP contribution in [0.5, 0.6) is 0 Å². The molecule has 6 heteroatoms. The van der Waals surface area contributed by atoms with Crippen molar-refractivity contribution in [3.05, 3.63) is 0 Å². The third-order valence-electron chi connectivity index (χ3n) is 1.68. The molecule has 1 aliphatic heterocycles. The molecular weight excluding hydrogens is 195 g/mol. The normalized spacial score (nSPS) is 31.5. The predicted octanol–water partition coefficient (Wildman–Crippen LogP) is -0.0228. The van der Waals surface area contributed by atoms with Crippen molar-refractivity contribution in [1.82, 2.24) is 0 Å². The number of rotatable bonds is 1. The van der Waals surface area contributed by atoms with Crippen LogP contribution in [0.15, 0.2) is 0 Å². The third kappa shape index (κ3) is 3.24. The predicted molar refractivity (Wildman–Crippen MR) is 49.0 cm³/mol. The average Bonchev–Trinajstić information content (AvgIpc) is 2.11. The first kappa shape index (κ1) is 12.3. The van der Waals surface area contributed by atoms with E-state index in [9.17, 15) is 8.42 Å². The first-order valence-corrected chi connectivity index (χ1v) is 5.71. The number of hydrogen-bond donors (Lipinski definition) is 1. The summed E-state index contributed by atoms with van der Waals surface area (Å²) in [7, 11) is -3.77. The van der Waals surface area contributed by atoms with Crippen LogP contribution in [0.3, 0.4) is 0 Å². The van der Waals surface area contributed by atoms with E-state index in [4.69, 9.17) is 4.55 Å². The fourth-order valence-electron chi connectivity index (χ4n) is 1.02. The summed E-state index contributed by atoms with van der Waals surface area (Å²) in [5, 5.41) is -0.530. The molecule has 1 aliphatic rings. The summed E-state index contributed by atoms with van der Waals surface area (Å²) >= 11 is 1.58. The second-order valence-electron chi connectivity index (χ2n) is 2.57. The minimum atomic E-state index is -3.77. The van der Waals surface area contributed by atoms with Gasteiger partial charge in [0.25, 0.3) is 10.1 Å². The molecule has 0 amide bonds. The fraction of sp³-hybridized carbons (Fsp3) is 1.00. The maximum absolute atomic E-state index is 10.6. The van der Waals surface area contributed by atoms with E-state index >= 15 is 0 Å². The van der Waals surface area contributed by atoms with Gasteiger partial charge in [0, 0.05) is 5.75 Å². The molecule has 1 N–H and O–H groups in total. The molecule has 0 radical (unpaired) electrons. The van der Waals surface area contributed by atoms with Crippen molar-refractivity contribution in [3.63, 3.8) is 0 Å². The van der Waals surface area contributed by atoms with Crippen molar-refractivity contribution in [3.8, 4) is 0 Å². The van der Waals surface area contributed by atoms with Gasteiger partial charge in [0.15, 0.2) is 0 Å². The topological polar surface area (TPSA) is 54.4 Å². The Morgan fingerprint density at radius 1 is 1.45 bits per heavy atom. The van der Waals surface area contributed by atoms with E-state index in [0.29, 0.717) is 5.75 Å². The molecular formula is C5H11NaO3S2. The van der Waals surface area contributed by atoms with Crippen molar-refractivity contribution in [1.29, 1.82) is 0 Å². The maximum atomic E-state index is 10.6. The Hall–Kier alpha value is 1.26. The SMILES string of the molecule is CC1CSCC1S(=O)(=O)O.[NaH]. The van der Waals surface area contributed by atoms with Crippen LogP contribution in [-0.2, 0) is 10.1 Å². The van der Waals surface area contributed by atoms with Crippen molar-refractivity contribution >= 4 is 51.4 Å². The molecule has 11 heavy (non-hydrogen) atoms. The molecule has 62 valence electrons. The number of hydrogen-bond acceptors (Lipinski definition) is 3. The zero-order valence-electron chi connectivity index (χ0n) is 5.65. The molecule has 0 aliphatic carbocycles. The van der Waals surface area contributed by atoms with Gasteiger partial charge in [-0.3, -0.25) is 4.55 Å². The summed E-state index contributed by atoms with van der Waals surface area (Å²) in [6.07, 6.45) is 0. The van der Waals surface area contributed by atoms with Gasteiger partial charge in [0.2, 0.25) is 0 Å². The summed E-state index contributed by atoms with van der Waals surface area (Å²) in [6.45, 7) is 1.85. The summed E-state index contributed by atoms with van der Waals surface area (Å²) in [5.74, 6) is 1.48. The molecule has 0 spiro atoms. The van der Waals surface area contributed by atoms with Crippen LogP contribution in [0, 0.1) is 5.92 Å². The molecule has 1 saturated heterocycles. The molecule has 3 nitrogen and oxygen atoms in total. The van der Waals surface area contributed by atoms with Gasteiger partial charge in [-0.25, -0.2) is 0 Å². The molecule has 2 atom stereocenters. The van der Waals surface area contributed by atoms with E-state index in [1.54, 1.807) is 11.8 Å². The van der Waals surface area contributed by atoms with Crippen molar-refractivity contribution in [2.24, 2.45) is 5.92 Å². The molecule has 0 aromatic heterocycles. The zero-order valence-corrected chi connectivity index (χ0v) is 7.28. The van der Waals surface area contributed by atoms with Crippen LogP contribution >= 0.6 is 11.8 Å². The Bertz CT molecular complexity index is 214. The van der Waals surface area contributed by atoms with Crippen molar-refractivity contribution in [2.75, 3.05) is 11.5 Å². The molecule has 0 saturated carbocycles. The van der Waals surface area contributed by atoms with Gasteiger partial charge in [-0.1, -0.05) is 6.92 Å². The van der Waals surface area contributed by atoms with Gasteiger partial charge in [0.1, 0.15) is 0 Å². The molecule has 1 heterocycles. The van der Waals surface area contributed by atoms with E-state index in [0.717, 1.165) is 5.75 Å². The third-order valence-corrected chi connectivity index (χ3v) is 4.64. The van der Waals surface area contributed by atoms with Crippen LogP contribution in [0.4, 0.5) is 0 Å². The van der Waals surface area contributed by atoms with E-state index in [2.05, 4.69) is 0 Å². The average molecular weight is 206 g/mol. The molecule has 0 bridgehead atoms. The van der Waals surface area contributed by atoms with Gasteiger partial charge < -0.3 is 0 Å². The van der Waals surface area contributed by atoms with E-state index in [1.807, 2.05) is 6.92 Å². The molecule has 2 unspecified atom stereocenters. The number of thioether (sulfide) groups is 1. The molecule has 1 fully saturated rings. The summed E-state index contributed by atoms with van der Waals surface area (Å²) in [4.78, 5) is 0. The Morgan fingerprint density at radius 3 is 2.18 bits per heavy atom. The Kier molecular flexibility index (Phi) is 5.00. The minimum absolute atomic E-state index is 0. The summed E-state index contributed by atoms with van der Waals surface area (Å²) in [5.41, 5.74) is 0. The van der Waals surface area contributed by atoms with Gasteiger partial charge in [-0.05, 0) is 11.7 Å². The van der Waals surface area contributed by atoms with Crippen LogP contribution in [0.1, 0.15) is 6.92 Å². The Labute approximate surface area is 93.4 Å². The van der Waals surface area contributed by atoms with E-state index in [-0.39, 0.29) is 35.5 Å². The monoisotopic (exact) mass is 206 g/mol. The second kappa shape index (κ2) is 4.48. The standard InChI is InChI=1S/C5H10O3S2.Na.H/c1-4-2-9-3-5(4)10(6,7)8;;/h4-5H,2-3H2,1H3,(H,6,7,8);;. The Morgan fingerprint density at radius 2 is 2.00 bits per heavy atom. The van der Waals surface area contributed by atoms with E-state index in [1.165, 1.54) is 0 Å². The molecule has 1 rings (SSSR count). The van der Waals surface area contributed by atoms with Crippen molar-refractivity contribution < 1.29 is 13.0 Å². The molecule has 0 aromatic carbocycles. The fourth-order valence-corrected chi connectivity index (χ4v) is 4.10. The van der Waals surface area contributed by atoms with Crippen LogP contribution in [0.2, 0.25) is 0 Å². The van der Waals surface area contributed by atoms with Gasteiger partial charge >= 0.3 is 29.6 Å². The zero-order chi connectivity index (χ0) is 7.78. The second-order valence-corrected chi connectivity index (χ2v) is 5.28. The Balaban J connectivity index is 0.000001000. The van der Waals surface area contributed by atoms with Crippen molar-refractivity contribution in [2.45, 2.75) is 12.2 Å². The van der Waals surface area contributed by atoms with Gasteiger partial charge in [-0.2, -0.15) is 20.2 Å². The van der Waals surface area contributed by atoms with Crippen LogP contribution in [-0.4, -0.2) is 59.3 Å². The van der Waals surface area contributed by atoms with Gasteiger partial charge in [-0.15, -0.1) is 0 Å². The van der Waals surface area contributed by atoms with Crippen LogP contribution in [0.25, 0.3) is 0 Å². The quantitative estimate of drug-likeness (QED) is 0.484. The molecule has 0 aromatic rings. The van der Waals surface area contributed by atoms with Crippen LogP contribution < -0.4 is 0 Å². The summed E-state index contributed by atoms with van der Waals surface area (Å²) in [6, 6.07) is 0. The first-order valence-electron chi connectivity index (χ1n) is 3.06. The summed E-state index contributed by atoms with van der Waals surface area (Å²) < 4.78 is 29.8. The van der Waals surface area contributed by atoms with Gasteiger partial charge in [0.05, 0.1) is 5.25 Å². The van der Waals surface area contributed by atoms with E-state index < -0.39 is 15.4 Å².